The van der Waals surface area contributed by atoms with E-state index in [1.54, 1.807) is 0 Å². The van der Waals surface area contributed by atoms with Crippen LogP contribution in [0.1, 0.15) is 12.5 Å². The van der Waals surface area contributed by atoms with Crippen molar-refractivity contribution in [2.75, 3.05) is 5.32 Å². The van der Waals surface area contributed by atoms with Gasteiger partial charge in [0.05, 0.1) is 5.71 Å². The van der Waals surface area contributed by atoms with Gasteiger partial charge in [0.1, 0.15) is 0 Å². The molecule has 3 aromatic carbocycles. The van der Waals surface area contributed by atoms with Gasteiger partial charge in [0.15, 0.2) is 0 Å². The molecule has 0 spiro atoms. The fourth-order valence-corrected chi connectivity index (χ4v) is 2.41. The Bertz CT molecular complexity index is 857. The van der Waals surface area contributed by atoms with Crippen LogP contribution in [0.5, 0.6) is 0 Å². The maximum atomic E-state index is 11.9. The summed E-state index contributed by atoms with van der Waals surface area (Å²) < 4.78 is 0. The highest BCUT2D eigenvalue weighted by Crippen LogP contribution is 2.19. The van der Waals surface area contributed by atoms with Gasteiger partial charge in [-0.1, -0.05) is 72.8 Å². The molecule has 2 amide bonds. The van der Waals surface area contributed by atoms with E-state index < -0.39 is 0 Å². The van der Waals surface area contributed by atoms with Gasteiger partial charge in [-0.2, -0.15) is 5.10 Å². The molecule has 3 aromatic rings. The van der Waals surface area contributed by atoms with Gasteiger partial charge in [0.2, 0.25) is 0 Å². The number of nitrogens with one attached hydrogen (secondary N) is 2. The monoisotopic (exact) mass is 329 g/mol. The van der Waals surface area contributed by atoms with Crippen LogP contribution in [0.2, 0.25) is 0 Å². The first kappa shape index (κ1) is 16.5. The topological polar surface area (TPSA) is 53.5 Å². The summed E-state index contributed by atoms with van der Waals surface area (Å²) in [5.41, 5.74) is 7.25. The Morgan fingerprint density at radius 1 is 0.760 bits per heavy atom. The molecule has 2 N–H and O–H groups in total. The third-order valence-electron chi connectivity index (χ3n) is 3.77. The summed E-state index contributed by atoms with van der Waals surface area (Å²) in [6.07, 6.45) is 0. The van der Waals surface area contributed by atoms with E-state index in [2.05, 4.69) is 28.0 Å². The van der Waals surface area contributed by atoms with Gasteiger partial charge in [-0.15, -0.1) is 0 Å². The highest BCUT2D eigenvalue weighted by molar-refractivity contribution is 6.00. The summed E-state index contributed by atoms with van der Waals surface area (Å²) in [7, 11) is 0. The molecule has 25 heavy (non-hydrogen) atoms. The minimum absolute atomic E-state index is 0.369. The molecule has 3 rings (SSSR count). The summed E-state index contributed by atoms with van der Waals surface area (Å²) in [4.78, 5) is 11.9. The predicted molar refractivity (Wildman–Crippen MR) is 103 cm³/mol. The van der Waals surface area contributed by atoms with Gasteiger partial charge in [-0.25, -0.2) is 10.2 Å². The first-order valence-electron chi connectivity index (χ1n) is 8.04. The van der Waals surface area contributed by atoms with Crippen molar-refractivity contribution < 1.29 is 4.79 Å². The summed E-state index contributed by atoms with van der Waals surface area (Å²) in [6.45, 7) is 1.86. The number of amides is 2. The molecule has 0 aliphatic rings. The van der Waals surface area contributed by atoms with Gasteiger partial charge >= 0.3 is 6.03 Å². The molecule has 0 unspecified atom stereocenters. The minimum atomic E-state index is -0.369. The van der Waals surface area contributed by atoms with E-state index in [0.29, 0.717) is 0 Å². The van der Waals surface area contributed by atoms with Crippen LogP contribution < -0.4 is 10.7 Å². The number of urea groups is 1. The molecule has 0 radical (unpaired) electrons. The molecule has 0 aliphatic carbocycles. The van der Waals surface area contributed by atoms with Gasteiger partial charge in [0, 0.05) is 5.69 Å². The first-order chi connectivity index (χ1) is 12.2. The SMILES string of the molecule is C/C(=N/NC(=O)Nc1ccccc1)c1ccc(-c2ccccc2)cc1. The van der Waals surface area contributed by atoms with Crippen molar-refractivity contribution in [3.8, 4) is 11.1 Å². The number of para-hydroxylation sites is 1. The Kier molecular flexibility index (Phi) is 5.22. The number of hydrogen-bond acceptors (Lipinski definition) is 2. The van der Waals surface area contributed by atoms with E-state index in [4.69, 9.17) is 0 Å². The molecular formula is C21H19N3O. The van der Waals surface area contributed by atoms with E-state index in [9.17, 15) is 4.79 Å². The van der Waals surface area contributed by atoms with E-state index >= 15 is 0 Å². The second-order valence-corrected chi connectivity index (χ2v) is 5.57. The lowest BCUT2D eigenvalue weighted by Gasteiger charge is -2.06. The van der Waals surface area contributed by atoms with Gasteiger partial charge in [-0.3, -0.25) is 0 Å². The molecule has 0 saturated heterocycles. The van der Waals surface area contributed by atoms with Gasteiger partial charge < -0.3 is 5.32 Å². The van der Waals surface area contributed by atoms with Crippen LogP contribution in [0.4, 0.5) is 10.5 Å². The summed E-state index contributed by atoms with van der Waals surface area (Å²) >= 11 is 0. The van der Waals surface area contributed by atoms with Crippen molar-refractivity contribution in [2.45, 2.75) is 6.92 Å². The van der Waals surface area contributed by atoms with E-state index in [1.165, 1.54) is 5.56 Å². The molecule has 124 valence electrons. The van der Waals surface area contributed by atoms with Crippen molar-refractivity contribution in [1.29, 1.82) is 0 Å². The standard InChI is InChI=1S/C21H19N3O/c1-16(23-24-21(25)22-20-10-6-3-7-11-20)17-12-14-19(15-13-17)18-8-4-2-5-9-18/h2-15H,1H3,(H2,22,24,25)/b23-16-. The number of carbonyl (C=O) groups excluding carboxylic acids is 1. The Hall–Kier alpha value is -3.40. The van der Waals surface area contributed by atoms with Crippen LogP contribution >= 0.6 is 0 Å². The second-order valence-electron chi connectivity index (χ2n) is 5.57. The third-order valence-corrected chi connectivity index (χ3v) is 3.77. The smallest absolute Gasteiger partial charge is 0.307 e. The molecule has 0 atom stereocenters. The van der Waals surface area contributed by atoms with Gasteiger partial charge in [-0.05, 0) is 35.7 Å². The van der Waals surface area contributed by atoms with Crippen LogP contribution in [0.3, 0.4) is 0 Å². The molecule has 4 heteroatoms. The zero-order valence-electron chi connectivity index (χ0n) is 13.9. The second kappa shape index (κ2) is 7.93. The highest BCUT2D eigenvalue weighted by Gasteiger charge is 2.02. The van der Waals surface area contributed by atoms with Crippen LogP contribution in [-0.2, 0) is 0 Å². The molecule has 0 aliphatic heterocycles. The zero-order chi connectivity index (χ0) is 17.5. The van der Waals surface area contributed by atoms with Crippen molar-refractivity contribution in [2.24, 2.45) is 5.10 Å². The summed E-state index contributed by atoms with van der Waals surface area (Å²) in [6, 6.07) is 27.2. The first-order valence-corrected chi connectivity index (χ1v) is 8.04. The molecular weight excluding hydrogens is 310 g/mol. The Balaban J connectivity index is 1.63. The maximum absolute atomic E-state index is 11.9. The largest absolute Gasteiger partial charge is 0.339 e. The van der Waals surface area contributed by atoms with Crippen molar-refractivity contribution in [1.82, 2.24) is 5.43 Å². The van der Waals surface area contributed by atoms with Crippen molar-refractivity contribution >= 4 is 17.4 Å². The van der Waals surface area contributed by atoms with Crippen LogP contribution in [0, 0.1) is 0 Å². The normalized spacial score (nSPS) is 11.0. The molecule has 0 heterocycles. The molecule has 0 fully saturated rings. The number of hydrogen-bond donors (Lipinski definition) is 2. The minimum Gasteiger partial charge on any atom is -0.307 e. The lowest BCUT2D eigenvalue weighted by Crippen LogP contribution is -2.25. The van der Waals surface area contributed by atoms with Crippen LogP contribution in [0.15, 0.2) is 90.0 Å². The molecule has 0 bridgehead atoms. The molecule has 0 saturated carbocycles. The lowest BCUT2D eigenvalue weighted by molar-refractivity contribution is 0.252. The van der Waals surface area contributed by atoms with Crippen molar-refractivity contribution in [3.05, 3.63) is 90.5 Å². The zero-order valence-corrected chi connectivity index (χ0v) is 13.9. The van der Waals surface area contributed by atoms with Crippen LogP contribution in [0.25, 0.3) is 11.1 Å². The fourth-order valence-electron chi connectivity index (χ4n) is 2.41. The van der Waals surface area contributed by atoms with E-state index in [-0.39, 0.29) is 6.03 Å². The number of nitrogens with zero attached hydrogens (tertiary/aromatic N) is 1. The summed E-state index contributed by atoms with van der Waals surface area (Å²) in [5, 5.41) is 6.87. The average Bonchev–Trinajstić information content (AvgIpc) is 2.68. The van der Waals surface area contributed by atoms with E-state index in [1.807, 2.05) is 79.7 Å². The number of rotatable bonds is 4. The van der Waals surface area contributed by atoms with E-state index in [0.717, 1.165) is 22.5 Å². The third kappa shape index (κ3) is 4.54. The molecule has 4 nitrogen and oxygen atoms in total. The van der Waals surface area contributed by atoms with Crippen molar-refractivity contribution in [3.63, 3.8) is 0 Å². The number of carbonyl (C=O) groups is 1. The fraction of sp³-hybridized carbons (Fsp3) is 0.0476. The quantitative estimate of drug-likeness (QED) is 0.519. The van der Waals surface area contributed by atoms with Gasteiger partial charge in [0.25, 0.3) is 0 Å². The molecule has 0 aromatic heterocycles. The number of anilines is 1. The number of hydrazone groups is 1. The lowest BCUT2D eigenvalue weighted by atomic mass is 10.0. The predicted octanol–water partition coefficient (Wildman–Crippen LogP) is 4.90. The maximum Gasteiger partial charge on any atom is 0.339 e. The van der Waals surface area contributed by atoms with Crippen LogP contribution in [-0.4, -0.2) is 11.7 Å². The highest BCUT2D eigenvalue weighted by atomic mass is 16.2. The number of benzene rings is 3. The summed E-state index contributed by atoms with van der Waals surface area (Å²) in [5.74, 6) is 0. The Labute approximate surface area is 147 Å². The Morgan fingerprint density at radius 3 is 1.96 bits per heavy atom. The average molecular weight is 329 g/mol. The Morgan fingerprint density at radius 2 is 1.32 bits per heavy atom.